The SMILES string of the molecule is CCCC(C)(C)NC(=O)COc1ccccc1CN. The summed E-state index contributed by atoms with van der Waals surface area (Å²) in [6.45, 7) is 6.55. The van der Waals surface area contributed by atoms with E-state index in [1.54, 1.807) is 0 Å². The second-order valence-electron chi connectivity index (χ2n) is 5.28. The number of ether oxygens (including phenoxy) is 1. The summed E-state index contributed by atoms with van der Waals surface area (Å²) >= 11 is 0. The van der Waals surface area contributed by atoms with Crippen LogP contribution >= 0.6 is 0 Å². The summed E-state index contributed by atoms with van der Waals surface area (Å²) in [4.78, 5) is 11.8. The maximum atomic E-state index is 11.8. The molecule has 0 unspecified atom stereocenters. The molecule has 4 nitrogen and oxygen atoms in total. The number of nitrogens with one attached hydrogen (secondary N) is 1. The van der Waals surface area contributed by atoms with Gasteiger partial charge in [0, 0.05) is 17.6 Å². The van der Waals surface area contributed by atoms with Gasteiger partial charge in [-0.05, 0) is 26.3 Å². The van der Waals surface area contributed by atoms with Crippen LogP contribution in [0.3, 0.4) is 0 Å². The molecular weight excluding hydrogens is 240 g/mol. The smallest absolute Gasteiger partial charge is 0.258 e. The molecule has 1 rings (SSSR count). The first-order chi connectivity index (χ1) is 8.98. The molecule has 0 atom stereocenters. The molecule has 0 fully saturated rings. The highest BCUT2D eigenvalue weighted by Gasteiger charge is 2.19. The van der Waals surface area contributed by atoms with Crippen molar-refractivity contribution in [1.29, 1.82) is 0 Å². The summed E-state index contributed by atoms with van der Waals surface area (Å²) < 4.78 is 5.52. The predicted molar refractivity (Wildman–Crippen MR) is 77.0 cm³/mol. The molecule has 19 heavy (non-hydrogen) atoms. The summed E-state index contributed by atoms with van der Waals surface area (Å²) in [5.41, 5.74) is 6.33. The van der Waals surface area contributed by atoms with Crippen LogP contribution in [0, 0.1) is 0 Å². The average Bonchev–Trinajstić information content (AvgIpc) is 2.36. The minimum atomic E-state index is -0.192. The molecule has 0 aliphatic carbocycles. The third-order valence-corrected chi connectivity index (χ3v) is 2.90. The van der Waals surface area contributed by atoms with E-state index in [1.165, 1.54) is 0 Å². The van der Waals surface area contributed by atoms with Gasteiger partial charge in [0.25, 0.3) is 5.91 Å². The minimum absolute atomic E-state index is 0.0180. The number of carbonyl (C=O) groups excluding carboxylic acids is 1. The highest BCUT2D eigenvalue weighted by atomic mass is 16.5. The molecule has 1 aromatic carbocycles. The Hall–Kier alpha value is -1.55. The first-order valence-corrected chi connectivity index (χ1v) is 6.70. The van der Waals surface area contributed by atoms with Crippen molar-refractivity contribution in [3.8, 4) is 5.75 Å². The van der Waals surface area contributed by atoms with E-state index >= 15 is 0 Å². The molecule has 0 saturated carbocycles. The molecule has 0 aliphatic rings. The molecule has 0 bridgehead atoms. The molecule has 0 aliphatic heterocycles. The fourth-order valence-corrected chi connectivity index (χ4v) is 2.06. The highest BCUT2D eigenvalue weighted by molar-refractivity contribution is 5.78. The van der Waals surface area contributed by atoms with Crippen LogP contribution in [0.25, 0.3) is 0 Å². The lowest BCUT2D eigenvalue weighted by atomic mass is 9.99. The standard InChI is InChI=1S/C15H24N2O2/c1-4-9-15(2,3)17-14(18)11-19-13-8-6-5-7-12(13)10-16/h5-8H,4,9-11,16H2,1-3H3,(H,17,18). The Bertz CT molecular complexity index is 416. The van der Waals surface area contributed by atoms with Crippen LogP contribution in [-0.2, 0) is 11.3 Å². The fourth-order valence-electron chi connectivity index (χ4n) is 2.06. The third-order valence-electron chi connectivity index (χ3n) is 2.90. The van der Waals surface area contributed by atoms with Gasteiger partial charge in [-0.2, -0.15) is 0 Å². The minimum Gasteiger partial charge on any atom is -0.483 e. The third kappa shape index (κ3) is 5.30. The summed E-state index contributed by atoms with van der Waals surface area (Å²) in [7, 11) is 0. The Morgan fingerprint density at radius 1 is 1.37 bits per heavy atom. The van der Waals surface area contributed by atoms with Crippen molar-refractivity contribution >= 4 is 5.91 Å². The van der Waals surface area contributed by atoms with Crippen LogP contribution in [0.2, 0.25) is 0 Å². The zero-order valence-corrected chi connectivity index (χ0v) is 12.0. The van der Waals surface area contributed by atoms with E-state index in [9.17, 15) is 4.79 Å². The van der Waals surface area contributed by atoms with E-state index in [2.05, 4.69) is 12.2 Å². The van der Waals surface area contributed by atoms with E-state index in [4.69, 9.17) is 10.5 Å². The average molecular weight is 264 g/mol. The van der Waals surface area contributed by atoms with E-state index in [-0.39, 0.29) is 18.1 Å². The highest BCUT2D eigenvalue weighted by Crippen LogP contribution is 2.17. The van der Waals surface area contributed by atoms with E-state index < -0.39 is 0 Å². The van der Waals surface area contributed by atoms with Gasteiger partial charge in [0.05, 0.1) is 0 Å². The number of hydrogen-bond donors (Lipinski definition) is 2. The normalized spacial score (nSPS) is 11.2. The van der Waals surface area contributed by atoms with Gasteiger partial charge in [0.15, 0.2) is 6.61 Å². The molecule has 0 heterocycles. The van der Waals surface area contributed by atoms with Crippen molar-refractivity contribution in [2.24, 2.45) is 5.73 Å². The number of nitrogens with two attached hydrogens (primary N) is 1. The van der Waals surface area contributed by atoms with Gasteiger partial charge >= 0.3 is 0 Å². The molecule has 1 aromatic rings. The van der Waals surface area contributed by atoms with Crippen LogP contribution < -0.4 is 15.8 Å². The molecule has 0 saturated heterocycles. The van der Waals surface area contributed by atoms with Crippen molar-refractivity contribution < 1.29 is 9.53 Å². The van der Waals surface area contributed by atoms with Crippen molar-refractivity contribution in [3.05, 3.63) is 29.8 Å². The van der Waals surface area contributed by atoms with Crippen LogP contribution in [-0.4, -0.2) is 18.1 Å². The van der Waals surface area contributed by atoms with Gasteiger partial charge in [-0.25, -0.2) is 0 Å². The number of para-hydroxylation sites is 1. The Morgan fingerprint density at radius 2 is 2.05 bits per heavy atom. The van der Waals surface area contributed by atoms with E-state index in [0.29, 0.717) is 12.3 Å². The van der Waals surface area contributed by atoms with Crippen molar-refractivity contribution in [2.75, 3.05) is 6.61 Å². The predicted octanol–water partition coefficient (Wildman–Crippen LogP) is 2.22. The Labute approximate surface area is 115 Å². The zero-order chi connectivity index (χ0) is 14.3. The topological polar surface area (TPSA) is 64.3 Å². The summed E-state index contributed by atoms with van der Waals surface area (Å²) in [6, 6.07) is 7.49. The molecule has 4 heteroatoms. The first kappa shape index (κ1) is 15.5. The Kier molecular flexibility index (Phi) is 5.83. The molecular formula is C15H24N2O2. The van der Waals surface area contributed by atoms with Crippen LogP contribution in [0.4, 0.5) is 0 Å². The van der Waals surface area contributed by atoms with Crippen LogP contribution in [0.15, 0.2) is 24.3 Å². The number of hydrogen-bond acceptors (Lipinski definition) is 3. The van der Waals surface area contributed by atoms with E-state index in [0.717, 1.165) is 18.4 Å². The molecule has 1 amide bonds. The van der Waals surface area contributed by atoms with Crippen LogP contribution in [0.5, 0.6) is 5.75 Å². The first-order valence-electron chi connectivity index (χ1n) is 6.70. The second-order valence-corrected chi connectivity index (χ2v) is 5.28. The number of benzene rings is 1. The van der Waals surface area contributed by atoms with Gasteiger partial charge in [0.1, 0.15) is 5.75 Å². The van der Waals surface area contributed by atoms with Crippen LogP contribution in [0.1, 0.15) is 39.2 Å². The van der Waals surface area contributed by atoms with Crippen molar-refractivity contribution in [1.82, 2.24) is 5.32 Å². The lowest BCUT2D eigenvalue weighted by Gasteiger charge is -2.25. The van der Waals surface area contributed by atoms with Gasteiger partial charge in [-0.1, -0.05) is 31.5 Å². The van der Waals surface area contributed by atoms with Gasteiger partial charge in [-0.3, -0.25) is 4.79 Å². The number of carbonyl (C=O) groups is 1. The zero-order valence-electron chi connectivity index (χ0n) is 12.0. The van der Waals surface area contributed by atoms with Gasteiger partial charge in [0.2, 0.25) is 0 Å². The van der Waals surface area contributed by atoms with Crippen molar-refractivity contribution in [3.63, 3.8) is 0 Å². The quantitative estimate of drug-likeness (QED) is 0.793. The molecule has 0 radical (unpaired) electrons. The number of rotatable bonds is 7. The largest absolute Gasteiger partial charge is 0.483 e. The monoisotopic (exact) mass is 264 g/mol. The second kappa shape index (κ2) is 7.14. The summed E-state index contributed by atoms with van der Waals surface area (Å²) in [6.07, 6.45) is 1.97. The molecule has 3 N–H and O–H groups in total. The molecule has 0 spiro atoms. The maximum Gasteiger partial charge on any atom is 0.258 e. The lowest BCUT2D eigenvalue weighted by molar-refractivity contribution is -0.124. The Balaban J connectivity index is 2.50. The van der Waals surface area contributed by atoms with Gasteiger partial charge < -0.3 is 15.8 Å². The fraction of sp³-hybridized carbons (Fsp3) is 0.533. The Morgan fingerprint density at radius 3 is 2.68 bits per heavy atom. The summed E-state index contributed by atoms with van der Waals surface area (Å²) in [5.74, 6) is 0.568. The van der Waals surface area contributed by atoms with Gasteiger partial charge in [-0.15, -0.1) is 0 Å². The van der Waals surface area contributed by atoms with E-state index in [1.807, 2.05) is 38.1 Å². The number of amides is 1. The lowest BCUT2D eigenvalue weighted by Crippen LogP contribution is -2.45. The molecule has 0 aromatic heterocycles. The maximum absolute atomic E-state index is 11.8. The van der Waals surface area contributed by atoms with Crippen molar-refractivity contribution in [2.45, 2.75) is 45.7 Å². The summed E-state index contributed by atoms with van der Waals surface area (Å²) in [5, 5.41) is 2.97. The molecule has 106 valence electrons.